The number of aliphatic carboxylic acids is 1. The lowest BCUT2D eigenvalue weighted by molar-refractivity contribution is -0.134. The highest BCUT2D eigenvalue weighted by atomic mass is 19.1. The number of amides is 1. The highest BCUT2D eigenvalue weighted by molar-refractivity contribution is 5.86. The highest BCUT2D eigenvalue weighted by Crippen LogP contribution is 2.38. The first-order chi connectivity index (χ1) is 11.3. The van der Waals surface area contributed by atoms with Gasteiger partial charge in [0.25, 0.3) is 0 Å². The van der Waals surface area contributed by atoms with E-state index in [4.69, 9.17) is 5.11 Å². The van der Waals surface area contributed by atoms with Crippen molar-refractivity contribution in [2.24, 2.45) is 0 Å². The zero-order valence-corrected chi connectivity index (χ0v) is 13.2. The minimum atomic E-state index is -1.08. The van der Waals surface area contributed by atoms with Gasteiger partial charge < -0.3 is 10.0 Å². The van der Waals surface area contributed by atoms with Crippen molar-refractivity contribution >= 4 is 11.9 Å². The minimum absolute atomic E-state index is 0.0448. The molecule has 24 heavy (non-hydrogen) atoms. The molecule has 1 N–H and O–H groups in total. The van der Waals surface area contributed by atoms with E-state index < -0.39 is 29.9 Å². The lowest BCUT2D eigenvalue weighted by Gasteiger charge is -2.29. The SMILES string of the molecule is C=CCC(=O)N1[C@@H](C=C(C)C(=O)O)CC[C@H]1c1ccc(F)nc1F. The maximum atomic E-state index is 14.0. The third-order valence-electron chi connectivity index (χ3n) is 4.02. The van der Waals surface area contributed by atoms with Crippen molar-refractivity contribution in [2.45, 2.75) is 38.3 Å². The fourth-order valence-electron chi connectivity index (χ4n) is 2.93. The molecule has 128 valence electrons. The summed E-state index contributed by atoms with van der Waals surface area (Å²) < 4.78 is 27.1. The van der Waals surface area contributed by atoms with Crippen LogP contribution < -0.4 is 0 Å². The number of hydrogen-bond donors (Lipinski definition) is 1. The summed E-state index contributed by atoms with van der Waals surface area (Å²) in [5.74, 6) is -3.27. The van der Waals surface area contributed by atoms with Crippen LogP contribution in [0.1, 0.15) is 37.8 Å². The van der Waals surface area contributed by atoms with Gasteiger partial charge in [-0.05, 0) is 31.9 Å². The summed E-state index contributed by atoms with van der Waals surface area (Å²) in [7, 11) is 0. The molecule has 1 saturated heterocycles. The Balaban J connectivity index is 2.40. The maximum absolute atomic E-state index is 14.0. The van der Waals surface area contributed by atoms with Crippen LogP contribution in [-0.4, -0.2) is 32.9 Å². The van der Waals surface area contributed by atoms with Crippen LogP contribution in [0, 0.1) is 11.9 Å². The minimum Gasteiger partial charge on any atom is -0.478 e. The van der Waals surface area contributed by atoms with E-state index in [2.05, 4.69) is 11.6 Å². The molecule has 2 heterocycles. The van der Waals surface area contributed by atoms with Crippen LogP contribution in [0.5, 0.6) is 0 Å². The van der Waals surface area contributed by atoms with Crippen molar-refractivity contribution in [1.82, 2.24) is 9.88 Å². The van der Waals surface area contributed by atoms with Gasteiger partial charge in [0.05, 0.1) is 12.1 Å². The van der Waals surface area contributed by atoms with Gasteiger partial charge in [0, 0.05) is 17.6 Å². The van der Waals surface area contributed by atoms with Gasteiger partial charge >= 0.3 is 5.97 Å². The van der Waals surface area contributed by atoms with Crippen molar-refractivity contribution in [3.63, 3.8) is 0 Å². The largest absolute Gasteiger partial charge is 0.478 e. The summed E-state index contributed by atoms with van der Waals surface area (Å²) in [6.45, 7) is 4.96. The van der Waals surface area contributed by atoms with Crippen LogP contribution in [0.4, 0.5) is 8.78 Å². The van der Waals surface area contributed by atoms with E-state index in [1.165, 1.54) is 30.0 Å². The van der Waals surface area contributed by atoms with Gasteiger partial charge in [0.1, 0.15) is 0 Å². The molecule has 1 fully saturated rings. The van der Waals surface area contributed by atoms with Crippen molar-refractivity contribution in [3.8, 4) is 0 Å². The normalized spacial score (nSPS) is 21.0. The van der Waals surface area contributed by atoms with Crippen molar-refractivity contribution < 1.29 is 23.5 Å². The second-order valence-electron chi connectivity index (χ2n) is 5.62. The monoisotopic (exact) mass is 336 g/mol. The lowest BCUT2D eigenvalue weighted by atomic mass is 10.1. The van der Waals surface area contributed by atoms with Gasteiger partial charge in [-0.1, -0.05) is 12.2 Å². The zero-order valence-electron chi connectivity index (χ0n) is 13.2. The van der Waals surface area contributed by atoms with Gasteiger partial charge in [-0.3, -0.25) is 4.79 Å². The van der Waals surface area contributed by atoms with Crippen molar-refractivity contribution in [2.75, 3.05) is 0 Å². The molecule has 0 aromatic carbocycles. The molecule has 0 bridgehead atoms. The Labute approximate surface area is 138 Å². The molecule has 1 aliphatic rings. The van der Waals surface area contributed by atoms with Gasteiger partial charge in [-0.25, -0.2) is 4.79 Å². The number of carbonyl (C=O) groups is 2. The van der Waals surface area contributed by atoms with Crippen LogP contribution >= 0.6 is 0 Å². The Kier molecular flexibility index (Phi) is 5.43. The number of aromatic nitrogens is 1. The molecule has 2 atom stereocenters. The third-order valence-corrected chi connectivity index (χ3v) is 4.02. The molecule has 1 aromatic rings. The highest BCUT2D eigenvalue weighted by Gasteiger charge is 2.38. The molecule has 0 unspecified atom stereocenters. The average Bonchev–Trinajstić information content (AvgIpc) is 2.90. The molecule has 1 aromatic heterocycles. The Morgan fingerprint density at radius 2 is 2.12 bits per heavy atom. The summed E-state index contributed by atoms with van der Waals surface area (Å²) >= 11 is 0. The number of nitrogens with zero attached hydrogens (tertiary/aromatic N) is 2. The summed E-state index contributed by atoms with van der Waals surface area (Å²) in [4.78, 5) is 28.1. The first kappa shape index (κ1) is 17.8. The first-order valence-corrected chi connectivity index (χ1v) is 7.50. The van der Waals surface area contributed by atoms with E-state index in [0.29, 0.717) is 12.8 Å². The van der Waals surface area contributed by atoms with Crippen LogP contribution in [0.2, 0.25) is 0 Å². The van der Waals surface area contributed by atoms with E-state index in [0.717, 1.165) is 6.07 Å². The molecular formula is C17H18F2N2O3. The van der Waals surface area contributed by atoms with Crippen LogP contribution in [0.25, 0.3) is 0 Å². The number of likely N-dealkylation sites (tertiary alicyclic amines) is 1. The number of rotatable bonds is 5. The Bertz CT molecular complexity index is 703. The second kappa shape index (κ2) is 7.33. The van der Waals surface area contributed by atoms with Crippen LogP contribution in [0.3, 0.4) is 0 Å². The fraction of sp³-hybridized carbons (Fsp3) is 0.353. The Hall–Kier alpha value is -2.57. The number of carboxylic acid groups (broad SMARTS) is 1. The van der Waals surface area contributed by atoms with Gasteiger partial charge in [0.15, 0.2) is 0 Å². The molecule has 1 amide bonds. The number of carbonyl (C=O) groups excluding carboxylic acids is 1. The van der Waals surface area contributed by atoms with E-state index in [9.17, 15) is 18.4 Å². The predicted octanol–water partition coefficient (Wildman–Crippen LogP) is 3.00. The van der Waals surface area contributed by atoms with E-state index >= 15 is 0 Å². The third kappa shape index (κ3) is 3.67. The molecular weight excluding hydrogens is 318 g/mol. The molecule has 0 spiro atoms. The van der Waals surface area contributed by atoms with Gasteiger partial charge in [0.2, 0.25) is 17.8 Å². The van der Waals surface area contributed by atoms with Crippen LogP contribution in [-0.2, 0) is 9.59 Å². The summed E-state index contributed by atoms with van der Waals surface area (Å²) in [5.41, 5.74) is 0.229. The first-order valence-electron chi connectivity index (χ1n) is 7.50. The van der Waals surface area contributed by atoms with E-state index in [1.807, 2.05) is 0 Å². The number of hydrogen-bond acceptors (Lipinski definition) is 3. The smallest absolute Gasteiger partial charge is 0.331 e. The Morgan fingerprint density at radius 1 is 1.42 bits per heavy atom. The quantitative estimate of drug-likeness (QED) is 0.510. The lowest BCUT2D eigenvalue weighted by Crippen LogP contribution is -2.36. The van der Waals surface area contributed by atoms with Gasteiger partial charge in [-0.2, -0.15) is 13.8 Å². The molecule has 0 saturated carbocycles. The molecule has 7 heteroatoms. The molecule has 0 radical (unpaired) electrons. The number of carboxylic acids is 1. The number of halogens is 2. The zero-order chi connectivity index (χ0) is 17.9. The van der Waals surface area contributed by atoms with Gasteiger partial charge in [-0.15, -0.1) is 6.58 Å². The van der Waals surface area contributed by atoms with Crippen molar-refractivity contribution in [3.05, 3.63) is 53.9 Å². The standard InChI is InChI=1S/C17H18F2N2O3/c1-3-4-15(22)21-11(9-10(2)17(23)24)5-7-13(21)12-6-8-14(18)20-16(12)19/h3,6,8-9,11,13H,1,4-5,7H2,2H3,(H,23,24)/t11-,13+/m1/s1. The molecule has 0 aliphatic carbocycles. The molecule has 2 rings (SSSR count). The second-order valence-corrected chi connectivity index (χ2v) is 5.62. The topological polar surface area (TPSA) is 70.5 Å². The van der Waals surface area contributed by atoms with E-state index in [-0.39, 0.29) is 23.5 Å². The predicted molar refractivity (Wildman–Crippen MR) is 83.0 cm³/mol. The Morgan fingerprint density at radius 3 is 2.71 bits per heavy atom. The molecule has 5 nitrogen and oxygen atoms in total. The fourth-order valence-corrected chi connectivity index (χ4v) is 2.93. The maximum Gasteiger partial charge on any atom is 0.331 e. The number of pyridine rings is 1. The molecule has 1 aliphatic heterocycles. The summed E-state index contributed by atoms with van der Waals surface area (Å²) in [6, 6.07) is 1.23. The van der Waals surface area contributed by atoms with Crippen LogP contribution in [0.15, 0.2) is 36.4 Å². The average molecular weight is 336 g/mol. The summed E-state index contributed by atoms with van der Waals surface area (Å²) in [6.07, 6.45) is 3.87. The summed E-state index contributed by atoms with van der Waals surface area (Å²) in [5, 5.41) is 9.03. The van der Waals surface area contributed by atoms with Crippen molar-refractivity contribution in [1.29, 1.82) is 0 Å². The van der Waals surface area contributed by atoms with E-state index in [1.54, 1.807) is 0 Å².